The largest absolute Gasteiger partial charge is 0.410 e. The van der Waals surface area contributed by atoms with Crippen molar-refractivity contribution in [3.8, 4) is 0 Å². The third-order valence-electron chi connectivity index (χ3n) is 11.2. The van der Waals surface area contributed by atoms with Crippen LogP contribution in [0.5, 0.6) is 0 Å². The summed E-state index contributed by atoms with van der Waals surface area (Å²) in [5.74, 6) is 0. The lowest BCUT2D eigenvalue weighted by atomic mass is 9.90. The van der Waals surface area contributed by atoms with Crippen LogP contribution in [0.4, 0.5) is 0 Å². The van der Waals surface area contributed by atoms with Crippen molar-refractivity contribution in [3.05, 3.63) is 71.8 Å². The van der Waals surface area contributed by atoms with E-state index < -0.39 is 40.0 Å². The fourth-order valence-electron chi connectivity index (χ4n) is 8.69. The smallest absolute Gasteiger partial charge is 0.200 e. The number of hydrogen-bond acceptors (Lipinski definition) is 6. The lowest BCUT2D eigenvalue weighted by molar-refractivity contribution is -0.129. The minimum absolute atomic E-state index is 0.135. The molecule has 0 amide bonds. The van der Waals surface area contributed by atoms with Crippen molar-refractivity contribution < 1.29 is 28.5 Å². The lowest BCUT2D eigenvalue weighted by Gasteiger charge is -2.49. The highest BCUT2D eigenvalue weighted by Gasteiger charge is 2.52. The van der Waals surface area contributed by atoms with Gasteiger partial charge in [-0.2, -0.15) is 0 Å². The highest BCUT2D eigenvalue weighted by Crippen LogP contribution is 2.47. The van der Waals surface area contributed by atoms with E-state index in [2.05, 4.69) is 83.1 Å². The first-order valence-corrected chi connectivity index (χ1v) is 23.6. The van der Waals surface area contributed by atoms with Crippen molar-refractivity contribution in [2.75, 3.05) is 13.2 Å². The van der Waals surface area contributed by atoms with E-state index in [-0.39, 0.29) is 13.2 Å². The highest BCUT2D eigenvalue weighted by atomic mass is 28.4. The molecule has 6 nitrogen and oxygen atoms in total. The molecule has 0 aliphatic heterocycles. The Morgan fingerprint density at radius 1 is 0.480 bits per heavy atom. The molecule has 0 spiro atoms. The second-order valence-electron chi connectivity index (χ2n) is 17.1. The van der Waals surface area contributed by atoms with Crippen LogP contribution >= 0.6 is 0 Å². The van der Waals surface area contributed by atoms with Crippen molar-refractivity contribution in [2.24, 2.45) is 0 Å². The van der Waals surface area contributed by atoms with Gasteiger partial charge in [-0.3, -0.25) is 0 Å². The summed E-state index contributed by atoms with van der Waals surface area (Å²) in [5.41, 5.74) is 1.65. The van der Waals surface area contributed by atoms with Crippen LogP contribution in [0.15, 0.2) is 60.7 Å². The molecule has 2 rings (SSSR count). The minimum atomic E-state index is -2.42. The number of rotatable bonds is 23. The van der Waals surface area contributed by atoms with Gasteiger partial charge in [0.25, 0.3) is 0 Å². The molecule has 2 aromatic carbocycles. The molecule has 2 N–H and O–H groups in total. The quantitative estimate of drug-likeness (QED) is 0.111. The van der Waals surface area contributed by atoms with Crippen LogP contribution in [-0.4, -0.2) is 63.5 Å². The van der Waals surface area contributed by atoms with Gasteiger partial charge >= 0.3 is 0 Å². The maximum Gasteiger partial charge on any atom is 0.200 e. The number of hydrogen-bond donors (Lipinski definition) is 2. The molecule has 0 aliphatic rings. The minimum Gasteiger partial charge on any atom is -0.410 e. The zero-order chi connectivity index (χ0) is 37.9. The lowest BCUT2D eigenvalue weighted by Crippen LogP contribution is -2.58. The number of aliphatic hydroxyl groups is 2. The van der Waals surface area contributed by atoms with Gasteiger partial charge in [0.2, 0.25) is 16.6 Å². The van der Waals surface area contributed by atoms with Gasteiger partial charge < -0.3 is 28.5 Å². The van der Waals surface area contributed by atoms with Crippen LogP contribution in [0.1, 0.15) is 121 Å². The van der Waals surface area contributed by atoms with Gasteiger partial charge in [-0.25, -0.2) is 0 Å². The summed E-state index contributed by atoms with van der Waals surface area (Å²) in [6, 6.07) is 20.1. The maximum absolute atomic E-state index is 12.3. The molecule has 0 bridgehead atoms. The Bertz CT molecular complexity index is 1070. The van der Waals surface area contributed by atoms with E-state index in [1.165, 1.54) is 0 Å². The Morgan fingerprint density at radius 3 is 0.980 bits per heavy atom. The van der Waals surface area contributed by atoms with E-state index in [0.29, 0.717) is 59.3 Å². The fourth-order valence-corrected chi connectivity index (χ4v) is 20.1. The molecule has 8 heteroatoms. The SMILES string of the molecule is CC(C)[Si](O[C@@H](CC[C@@H](O[Si](C(C)C)(C(C)C)C(C)C)[C@@](C)(O)COCc1ccccc1)[C@](C)(O)COCc1ccccc1)(C(C)C)C(C)C. The van der Waals surface area contributed by atoms with Crippen LogP contribution < -0.4 is 0 Å². The Morgan fingerprint density at radius 2 is 0.740 bits per heavy atom. The molecular formula is C42H74O6Si2. The monoisotopic (exact) mass is 731 g/mol. The van der Waals surface area contributed by atoms with Gasteiger partial charge in [0.1, 0.15) is 11.2 Å². The molecule has 286 valence electrons. The Kier molecular flexibility index (Phi) is 17.6. The highest BCUT2D eigenvalue weighted by molar-refractivity contribution is 6.78. The van der Waals surface area contributed by atoms with Crippen molar-refractivity contribution >= 4 is 16.6 Å². The summed E-state index contributed by atoms with van der Waals surface area (Å²) in [4.78, 5) is 0. The van der Waals surface area contributed by atoms with Crippen LogP contribution in [0.3, 0.4) is 0 Å². The molecule has 2 aromatic rings. The summed E-state index contributed by atoms with van der Waals surface area (Å²) in [7, 11) is -4.83. The normalized spacial score (nSPS) is 16.8. The zero-order valence-electron chi connectivity index (χ0n) is 34.2. The number of benzene rings is 2. The maximum atomic E-state index is 12.3. The predicted octanol–water partition coefficient (Wildman–Crippen LogP) is 10.8. The molecule has 0 aliphatic carbocycles. The van der Waals surface area contributed by atoms with Gasteiger partial charge in [-0.1, -0.05) is 144 Å². The molecule has 0 unspecified atom stereocenters. The summed E-state index contributed by atoms with van der Waals surface area (Å²) < 4.78 is 27.2. The van der Waals surface area contributed by atoms with Crippen LogP contribution in [0, 0.1) is 0 Å². The van der Waals surface area contributed by atoms with E-state index >= 15 is 0 Å². The average Bonchev–Trinajstić information content (AvgIpc) is 3.02. The molecule has 0 saturated carbocycles. The van der Waals surface area contributed by atoms with E-state index in [9.17, 15) is 10.2 Å². The summed E-state index contributed by atoms with van der Waals surface area (Å²) >= 11 is 0. The molecule has 0 heterocycles. The Hall–Kier alpha value is -1.37. The summed E-state index contributed by atoms with van der Waals surface area (Å²) in [6.07, 6.45) is -0.00291. The fraction of sp³-hybridized carbons (Fsp3) is 0.714. The first-order valence-electron chi connectivity index (χ1n) is 19.3. The van der Waals surface area contributed by atoms with Crippen molar-refractivity contribution in [3.63, 3.8) is 0 Å². The van der Waals surface area contributed by atoms with E-state index in [0.717, 1.165) is 11.1 Å². The molecule has 0 fully saturated rings. The third-order valence-corrected chi connectivity index (χ3v) is 23.4. The van der Waals surface area contributed by atoms with Gasteiger partial charge in [0, 0.05) is 0 Å². The first kappa shape index (κ1) is 44.8. The standard InChI is InChI=1S/C42H74O6Si2/c1-31(2)49(32(3)4,33(5)6)47-39(41(13,43)29-45-27-37-21-17-15-18-22-37)25-26-40(48-50(34(7)8,35(9)10)36(11)12)42(14,44)30-46-28-38-23-19-16-20-24-38/h15-24,31-36,39-40,43-44H,25-30H2,1-14H3/t39-,40+,41+,42-. The molecule has 4 atom stereocenters. The zero-order valence-corrected chi connectivity index (χ0v) is 36.2. The third kappa shape index (κ3) is 11.6. The second kappa shape index (κ2) is 19.6. The molecule has 0 saturated heterocycles. The summed E-state index contributed by atoms with van der Waals surface area (Å²) in [5, 5.41) is 24.6. The van der Waals surface area contributed by atoms with Crippen molar-refractivity contribution in [1.82, 2.24) is 0 Å². The van der Waals surface area contributed by atoms with Crippen molar-refractivity contribution in [1.29, 1.82) is 0 Å². The summed E-state index contributed by atoms with van der Waals surface area (Å²) in [6.45, 7) is 32.1. The van der Waals surface area contributed by atoms with E-state index in [1.807, 2.05) is 74.5 Å². The Balaban J connectivity index is 2.53. The van der Waals surface area contributed by atoms with Gasteiger partial charge in [-0.05, 0) is 71.1 Å². The molecule has 50 heavy (non-hydrogen) atoms. The first-order chi connectivity index (χ1) is 23.2. The van der Waals surface area contributed by atoms with E-state index in [4.69, 9.17) is 18.3 Å². The van der Waals surface area contributed by atoms with Gasteiger partial charge in [0.15, 0.2) is 0 Å². The Labute approximate surface area is 308 Å². The average molecular weight is 731 g/mol. The second-order valence-corrected chi connectivity index (χ2v) is 27.9. The van der Waals surface area contributed by atoms with Gasteiger partial charge in [-0.15, -0.1) is 0 Å². The topological polar surface area (TPSA) is 77.4 Å². The van der Waals surface area contributed by atoms with Crippen molar-refractivity contribution in [2.45, 2.75) is 180 Å². The van der Waals surface area contributed by atoms with Gasteiger partial charge in [0.05, 0.1) is 38.6 Å². The molecule has 0 aromatic heterocycles. The number of ether oxygens (including phenoxy) is 2. The van der Waals surface area contributed by atoms with Crippen LogP contribution in [0.2, 0.25) is 33.2 Å². The molecular weight excluding hydrogens is 657 g/mol. The predicted molar refractivity (Wildman–Crippen MR) is 215 cm³/mol. The van der Waals surface area contributed by atoms with E-state index in [1.54, 1.807) is 0 Å². The molecule has 0 radical (unpaired) electrons. The van der Waals surface area contributed by atoms with Crippen LogP contribution in [-0.2, 0) is 31.5 Å². The van der Waals surface area contributed by atoms with Crippen LogP contribution in [0.25, 0.3) is 0 Å².